The molecule has 3 atom stereocenters. The number of para-hydroxylation sites is 2. The fraction of sp³-hybridized carbons (Fsp3) is 0.364. The van der Waals surface area contributed by atoms with Crippen molar-refractivity contribution in [1.82, 2.24) is 5.32 Å². The lowest BCUT2D eigenvalue weighted by Crippen LogP contribution is -2.42. The number of nitrogens with zero attached hydrogens (tertiary/aromatic N) is 1. The van der Waals surface area contributed by atoms with Gasteiger partial charge >= 0.3 is 0 Å². The van der Waals surface area contributed by atoms with Gasteiger partial charge in [-0.2, -0.15) is 0 Å². The topological polar surface area (TPSA) is 42.8 Å². The van der Waals surface area contributed by atoms with Crippen LogP contribution < -0.4 is 14.8 Å². The largest absolute Gasteiger partial charge is 0.485 e. The standard InChI is InChI=1S/C11H12N2O2/c1-2-4-9-8(3-1)14-7-10(15-9)11-12-5-6-13-11/h1-4,10H,5-7H2,(H,12,13)/i1D,5D,6D/t5-,6-,10?/m1/s1. The van der Waals surface area contributed by atoms with Crippen LogP contribution in [0.1, 0.15) is 4.11 Å². The number of rotatable bonds is 1. The molecule has 1 N–H and O–H groups in total. The van der Waals surface area contributed by atoms with Gasteiger partial charge < -0.3 is 14.8 Å². The van der Waals surface area contributed by atoms with Crippen LogP contribution in [-0.2, 0) is 0 Å². The molecule has 0 aromatic heterocycles. The lowest BCUT2D eigenvalue weighted by atomic mass is 10.2. The summed E-state index contributed by atoms with van der Waals surface area (Å²) >= 11 is 0. The zero-order chi connectivity index (χ0) is 12.7. The molecule has 0 saturated carbocycles. The molecule has 0 amide bonds. The number of fused-ring (bicyclic) bond motifs is 1. The highest BCUT2D eigenvalue weighted by Gasteiger charge is 2.26. The molecule has 78 valence electrons. The number of benzene rings is 1. The van der Waals surface area contributed by atoms with Crippen molar-refractivity contribution in [1.29, 1.82) is 0 Å². The molecule has 0 saturated heterocycles. The van der Waals surface area contributed by atoms with Gasteiger partial charge in [0, 0.05) is 6.52 Å². The highest BCUT2D eigenvalue weighted by Crippen LogP contribution is 2.31. The van der Waals surface area contributed by atoms with Gasteiger partial charge in [-0.3, -0.25) is 4.99 Å². The molecule has 3 rings (SSSR count). The normalized spacial score (nSPS) is 35.9. The van der Waals surface area contributed by atoms with Gasteiger partial charge in [0.1, 0.15) is 12.4 Å². The van der Waals surface area contributed by atoms with E-state index in [9.17, 15) is 0 Å². The Bertz CT molecular complexity index is 509. The van der Waals surface area contributed by atoms with Gasteiger partial charge in [-0.15, -0.1) is 0 Å². The maximum absolute atomic E-state index is 7.53. The molecule has 1 aromatic rings. The summed E-state index contributed by atoms with van der Waals surface area (Å²) in [6, 6.07) is 5.25. The van der Waals surface area contributed by atoms with E-state index in [0.29, 0.717) is 23.4 Å². The summed E-state index contributed by atoms with van der Waals surface area (Å²) in [5, 5.41) is 2.80. The van der Waals surface area contributed by atoms with Gasteiger partial charge in [-0.25, -0.2) is 0 Å². The first-order chi connectivity index (χ1) is 8.63. The average molecular weight is 207 g/mol. The summed E-state index contributed by atoms with van der Waals surface area (Å²) < 4.78 is 33.7. The van der Waals surface area contributed by atoms with Gasteiger partial charge in [0.2, 0.25) is 0 Å². The predicted octanol–water partition coefficient (Wildman–Crippen LogP) is 0.828. The third kappa shape index (κ3) is 1.52. The molecule has 1 unspecified atom stereocenters. The average Bonchev–Trinajstić information content (AvgIpc) is 2.69. The monoisotopic (exact) mass is 207 g/mol. The molecular weight excluding hydrogens is 192 g/mol. The number of amidine groups is 1. The van der Waals surface area contributed by atoms with Crippen LogP contribution in [0.15, 0.2) is 29.2 Å². The van der Waals surface area contributed by atoms with E-state index in [2.05, 4.69) is 10.3 Å². The first kappa shape index (κ1) is 6.00. The zero-order valence-electron chi connectivity index (χ0n) is 10.9. The van der Waals surface area contributed by atoms with Gasteiger partial charge in [0.05, 0.1) is 10.6 Å². The van der Waals surface area contributed by atoms with Gasteiger partial charge in [-0.1, -0.05) is 12.1 Å². The highest BCUT2D eigenvalue weighted by atomic mass is 16.6. The molecule has 15 heavy (non-hydrogen) atoms. The van der Waals surface area contributed by atoms with Gasteiger partial charge in [0.25, 0.3) is 0 Å². The third-order valence-corrected chi connectivity index (χ3v) is 2.27. The van der Waals surface area contributed by atoms with E-state index in [4.69, 9.17) is 13.6 Å². The summed E-state index contributed by atoms with van der Waals surface area (Å²) in [6.07, 6.45) is -0.419. The Morgan fingerprint density at radius 1 is 1.53 bits per heavy atom. The van der Waals surface area contributed by atoms with E-state index < -0.39 is 19.1 Å². The van der Waals surface area contributed by atoms with E-state index in [1.54, 1.807) is 18.2 Å². The van der Waals surface area contributed by atoms with Crippen LogP contribution in [-0.4, -0.2) is 31.6 Å². The first-order valence-electron chi connectivity index (χ1n) is 6.38. The van der Waals surface area contributed by atoms with Crippen molar-refractivity contribution in [3.05, 3.63) is 24.2 Å². The molecule has 4 heteroatoms. The van der Waals surface area contributed by atoms with E-state index in [1.165, 1.54) is 0 Å². The van der Waals surface area contributed by atoms with Crippen molar-refractivity contribution < 1.29 is 13.6 Å². The second-order valence-electron chi connectivity index (χ2n) is 3.26. The Kier molecular flexibility index (Phi) is 1.38. The van der Waals surface area contributed by atoms with Crippen molar-refractivity contribution >= 4 is 5.84 Å². The van der Waals surface area contributed by atoms with E-state index in [1.807, 2.05) is 0 Å². The Balaban J connectivity index is 1.79. The number of aliphatic imine (C=N–C) groups is 1. The highest BCUT2D eigenvalue weighted by molar-refractivity contribution is 5.88. The Morgan fingerprint density at radius 3 is 3.40 bits per heavy atom. The summed E-state index contributed by atoms with van der Waals surface area (Å²) in [4.78, 5) is 4.03. The van der Waals surface area contributed by atoms with Gasteiger partial charge in [0.15, 0.2) is 17.6 Å². The summed E-state index contributed by atoms with van der Waals surface area (Å²) in [6.45, 7) is -1.30. The fourth-order valence-electron chi connectivity index (χ4n) is 1.55. The summed E-state index contributed by atoms with van der Waals surface area (Å²) in [5.41, 5.74) is 0. The van der Waals surface area contributed by atoms with Crippen LogP contribution in [0, 0.1) is 0 Å². The minimum Gasteiger partial charge on any atom is -0.485 e. The molecule has 2 aliphatic rings. The van der Waals surface area contributed by atoms with Crippen molar-refractivity contribution in [2.45, 2.75) is 6.10 Å². The van der Waals surface area contributed by atoms with Crippen LogP contribution >= 0.6 is 0 Å². The minimum atomic E-state index is -0.819. The Labute approximate surface area is 92.1 Å². The van der Waals surface area contributed by atoms with Crippen LogP contribution in [0.5, 0.6) is 11.5 Å². The Hall–Kier alpha value is -1.71. The van der Waals surface area contributed by atoms with E-state index in [0.717, 1.165) is 0 Å². The maximum atomic E-state index is 7.53. The number of hydrogen-bond acceptors (Lipinski definition) is 4. The van der Waals surface area contributed by atoms with Crippen molar-refractivity contribution in [3.63, 3.8) is 0 Å². The molecular formula is C11H12N2O2. The maximum Gasteiger partial charge on any atom is 0.189 e. The fourth-order valence-corrected chi connectivity index (χ4v) is 1.55. The Morgan fingerprint density at radius 2 is 2.53 bits per heavy atom. The molecule has 0 aliphatic carbocycles. The SMILES string of the molecule is [2H]c1ccc2c(c1)OCC(C1=N[C@H]([2H])[C@@H]([2H])N1)O2. The van der Waals surface area contributed by atoms with Crippen molar-refractivity contribution in [2.75, 3.05) is 19.6 Å². The molecule has 1 aromatic carbocycles. The molecule has 0 fully saturated rings. The predicted molar refractivity (Wildman–Crippen MR) is 56.7 cm³/mol. The number of hydrogen-bond donors (Lipinski definition) is 1. The first-order valence-corrected chi connectivity index (χ1v) is 4.72. The molecule has 4 nitrogen and oxygen atoms in total. The molecule has 2 aliphatic heterocycles. The number of ether oxygens (including phenoxy) is 2. The van der Waals surface area contributed by atoms with E-state index >= 15 is 0 Å². The lowest BCUT2D eigenvalue weighted by molar-refractivity contribution is 0.133. The van der Waals surface area contributed by atoms with Crippen LogP contribution in [0.2, 0.25) is 0 Å². The molecule has 0 spiro atoms. The van der Waals surface area contributed by atoms with Crippen molar-refractivity contribution in [3.8, 4) is 11.5 Å². The smallest absolute Gasteiger partial charge is 0.189 e. The molecule has 2 heterocycles. The minimum absolute atomic E-state index is 0.266. The second-order valence-corrected chi connectivity index (χ2v) is 3.26. The summed E-state index contributed by atoms with van der Waals surface area (Å²) in [7, 11) is 0. The van der Waals surface area contributed by atoms with Crippen LogP contribution in [0.25, 0.3) is 0 Å². The van der Waals surface area contributed by atoms with Crippen LogP contribution in [0.3, 0.4) is 0 Å². The summed E-state index contributed by atoms with van der Waals surface area (Å²) in [5.74, 6) is 1.58. The molecule has 0 radical (unpaired) electrons. The van der Waals surface area contributed by atoms with Gasteiger partial charge in [-0.05, 0) is 12.1 Å². The van der Waals surface area contributed by atoms with Crippen LogP contribution in [0.4, 0.5) is 0 Å². The lowest BCUT2D eigenvalue weighted by Gasteiger charge is -2.26. The quantitative estimate of drug-likeness (QED) is 0.741. The third-order valence-electron chi connectivity index (χ3n) is 2.27. The number of nitrogens with one attached hydrogen (secondary N) is 1. The van der Waals surface area contributed by atoms with E-state index in [-0.39, 0.29) is 6.61 Å². The second kappa shape index (κ2) is 3.46. The zero-order valence-corrected chi connectivity index (χ0v) is 7.93. The molecule has 0 bridgehead atoms. The van der Waals surface area contributed by atoms with Crippen molar-refractivity contribution in [2.24, 2.45) is 4.99 Å².